The van der Waals surface area contributed by atoms with Crippen LogP contribution >= 0.6 is 15.9 Å². The maximum Gasteiger partial charge on any atom is 0.275 e. The molecule has 23 heavy (non-hydrogen) atoms. The molecule has 0 fully saturated rings. The van der Waals surface area contributed by atoms with E-state index in [0.717, 1.165) is 10.0 Å². The van der Waals surface area contributed by atoms with Crippen molar-refractivity contribution in [2.45, 2.75) is 6.92 Å². The van der Waals surface area contributed by atoms with Crippen LogP contribution in [0.1, 0.15) is 22.8 Å². The van der Waals surface area contributed by atoms with Gasteiger partial charge in [-0.2, -0.15) is 5.10 Å². The normalized spacial score (nSPS) is 11.0. The van der Waals surface area contributed by atoms with E-state index in [2.05, 4.69) is 26.5 Å². The molecule has 0 radical (unpaired) electrons. The van der Waals surface area contributed by atoms with Crippen molar-refractivity contribution >= 4 is 27.5 Å². The molecule has 0 spiro atoms. The summed E-state index contributed by atoms with van der Waals surface area (Å²) in [5.74, 6) is 0.701. The molecule has 0 aromatic heterocycles. The molecule has 1 N–H and O–H groups in total. The minimum Gasteiger partial charge on any atom is -0.497 e. The number of methoxy groups -OCH3 is 2. The van der Waals surface area contributed by atoms with Gasteiger partial charge in [0.15, 0.2) is 0 Å². The van der Waals surface area contributed by atoms with Gasteiger partial charge in [0.1, 0.15) is 11.5 Å². The molecule has 0 bridgehead atoms. The number of ether oxygens (including phenoxy) is 2. The average Bonchev–Trinajstić information content (AvgIpc) is 2.59. The SMILES string of the molecule is COc1ccc(C(=O)N/N=C(\C)c2ccc(Br)cc2)c(OC)c1. The fourth-order valence-electron chi connectivity index (χ4n) is 1.94. The molecule has 120 valence electrons. The van der Waals surface area contributed by atoms with Crippen molar-refractivity contribution in [1.29, 1.82) is 0 Å². The van der Waals surface area contributed by atoms with E-state index < -0.39 is 0 Å². The zero-order valence-electron chi connectivity index (χ0n) is 13.1. The predicted molar refractivity (Wildman–Crippen MR) is 93.4 cm³/mol. The van der Waals surface area contributed by atoms with Crippen molar-refractivity contribution in [2.75, 3.05) is 14.2 Å². The van der Waals surface area contributed by atoms with E-state index in [1.807, 2.05) is 31.2 Å². The second kappa shape index (κ2) is 7.78. The smallest absolute Gasteiger partial charge is 0.275 e. The Kier molecular flexibility index (Phi) is 5.76. The zero-order valence-corrected chi connectivity index (χ0v) is 14.7. The van der Waals surface area contributed by atoms with Crippen LogP contribution in [-0.2, 0) is 0 Å². The molecule has 0 saturated carbocycles. The molecule has 5 nitrogen and oxygen atoms in total. The number of nitrogens with zero attached hydrogens (tertiary/aromatic N) is 1. The van der Waals surface area contributed by atoms with Crippen LogP contribution in [0.5, 0.6) is 11.5 Å². The maximum absolute atomic E-state index is 12.3. The fourth-order valence-corrected chi connectivity index (χ4v) is 2.20. The second-order valence-corrected chi connectivity index (χ2v) is 5.63. The minimum atomic E-state index is -0.346. The Morgan fingerprint density at radius 1 is 1.09 bits per heavy atom. The minimum absolute atomic E-state index is 0.346. The van der Waals surface area contributed by atoms with Gasteiger partial charge in [0.25, 0.3) is 5.91 Å². The highest BCUT2D eigenvalue weighted by atomic mass is 79.9. The van der Waals surface area contributed by atoms with Gasteiger partial charge in [-0.05, 0) is 36.8 Å². The summed E-state index contributed by atoms with van der Waals surface area (Å²) in [7, 11) is 3.06. The number of hydrogen-bond acceptors (Lipinski definition) is 4. The van der Waals surface area contributed by atoms with Crippen molar-refractivity contribution in [1.82, 2.24) is 5.43 Å². The highest BCUT2D eigenvalue weighted by Gasteiger charge is 2.13. The van der Waals surface area contributed by atoms with Gasteiger partial charge in [-0.1, -0.05) is 28.1 Å². The van der Waals surface area contributed by atoms with E-state index in [0.29, 0.717) is 22.8 Å². The largest absolute Gasteiger partial charge is 0.497 e. The highest BCUT2D eigenvalue weighted by molar-refractivity contribution is 9.10. The number of nitrogens with one attached hydrogen (secondary N) is 1. The molecule has 0 aliphatic rings. The third-order valence-electron chi connectivity index (χ3n) is 3.24. The van der Waals surface area contributed by atoms with Gasteiger partial charge in [0.05, 0.1) is 25.5 Å². The van der Waals surface area contributed by atoms with Crippen LogP contribution in [0.15, 0.2) is 52.0 Å². The number of carbonyl (C=O) groups excluding carboxylic acids is 1. The molecule has 0 saturated heterocycles. The summed E-state index contributed by atoms with van der Waals surface area (Å²) in [5.41, 5.74) is 4.56. The van der Waals surface area contributed by atoms with Crippen molar-refractivity contribution in [2.24, 2.45) is 5.10 Å². The predicted octanol–water partition coefficient (Wildman–Crippen LogP) is 3.62. The van der Waals surface area contributed by atoms with Crippen LogP contribution in [0.25, 0.3) is 0 Å². The Labute approximate surface area is 143 Å². The summed E-state index contributed by atoms with van der Waals surface area (Å²) in [6.45, 7) is 1.83. The molecule has 0 aliphatic carbocycles. The van der Waals surface area contributed by atoms with Crippen LogP contribution in [0.2, 0.25) is 0 Å². The molecule has 2 aromatic carbocycles. The molecular weight excluding hydrogens is 360 g/mol. The third kappa shape index (κ3) is 4.32. The lowest BCUT2D eigenvalue weighted by molar-refractivity contribution is 0.0952. The highest BCUT2D eigenvalue weighted by Crippen LogP contribution is 2.24. The Bertz CT molecular complexity index is 727. The monoisotopic (exact) mass is 376 g/mol. The molecule has 2 rings (SSSR count). The molecule has 2 aromatic rings. The van der Waals surface area contributed by atoms with Gasteiger partial charge in [-0.25, -0.2) is 5.43 Å². The number of halogens is 1. The summed E-state index contributed by atoms with van der Waals surface area (Å²) in [6.07, 6.45) is 0. The Morgan fingerprint density at radius 3 is 2.39 bits per heavy atom. The van der Waals surface area contributed by atoms with E-state index in [1.54, 1.807) is 25.3 Å². The lowest BCUT2D eigenvalue weighted by Crippen LogP contribution is -2.20. The first-order valence-electron chi connectivity index (χ1n) is 6.87. The molecule has 0 unspecified atom stereocenters. The lowest BCUT2D eigenvalue weighted by atomic mass is 10.1. The summed E-state index contributed by atoms with van der Waals surface area (Å²) >= 11 is 3.38. The van der Waals surface area contributed by atoms with E-state index >= 15 is 0 Å². The number of hydrogen-bond donors (Lipinski definition) is 1. The molecule has 6 heteroatoms. The van der Waals surface area contributed by atoms with Gasteiger partial charge in [-0.3, -0.25) is 4.79 Å². The number of benzene rings is 2. The maximum atomic E-state index is 12.3. The van der Waals surface area contributed by atoms with E-state index in [1.165, 1.54) is 7.11 Å². The van der Waals surface area contributed by atoms with Crippen molar-refractivity contribution < 1.29 is 14.3 Å². The number of rotatable bonds is 5. The molecular formula is C17H17BrN2O3. The van der Waals surface area contributed by atoms with Gasteiger partial charge in [0.2, 0.25) is 0 Å². The first-order valence-corrected chi connectivity index (χ1v) is 7.67. The van der Waals surface area contributed by atoms with E-state index in [4.69, 9.17) is 9.47 Å². The van der Waals surface area contributed by atoms with Gasteiger partial charge in [-0.15, -0.1) is 0 Å². The van der Waals surface area contributed by atoms with Crippen LogP contribution in [0.3, 0.4) is 0 Å². The number of amides is 1. The summed E-state index contributed by atoms with van der Waals surface area (Å²) in [5, 5.41) is 4.13. The molecule has 0 heterocycles. The number of carbonyl (C=O) groups is 1. The summed E-state index contributed by atoms with van der Waals surface area (Å²) < 4.78 is 11.3. The van der Waals surface area contributed by atoms with Crippen molar-refractivity contribution in [3.8, 4) is 11.5 Å². The summed E-state index contributed by atoms with van der Waals surface area (Å²) in [4.78, 5) is 12.3. The molecule has 0 atom stereocenters. The van der Waals surface area contributed by atoms with Gasteiger partial charge >= 0.3 is 0 Å². The second-order valence-electron chi connectivity index (χ2n) is 4.71. The zero-order chi connectivity index (χ0) is 16.8. The Morgan fingerprint density at radius 2 is 1.78 bits per heavy atom. The third-order valence-corrected chi connectivity index (χ3v) is 3.77. The van der Waals surface area contributed by atoms with Crippen molar-refractivity contribution in [3.63, 3.8) is 0 Å². The number of hydrazone groups is 1. The van der Waals surface area contributed by atoms with Crippen molar-refractivity contribution in [3.05, 3.63) is 58.1 Å². The van der Waals surface area contributed by atoms with Gasteiger partial charge < -0.3 is 9.47 Å². The Balaban J connectivity index is 2.15. The molecule has 1 amide bonds. The van der Waals surface area contributed by atoms with E-state index in [-0.39, 0.29) is 5.91 Å². The lowest BCUT2D eigenvalue weighted by Gasteiger charge is -2.09. The Hall–Kier alpha value is -2.34. The first kappa shape index (κ1) is 17.0. The fraction of sp³-hybridized carbons (Fsp3) is 0.176. The topological polar surface area (TPSA) is 59.9 Å². The molecule has 0 aliphatic heterocycles. The van der Waals surface area contributed by atoms with Crippen LogP contribution in [-0.4, -0.2) is 25.8 Å². The van der Waals surface area contributed by atoms with E-state index in [9.17, 15) is 4.79 Å². The standard InChI is InChI=1S/C17H17BrN2O3/c1-11(12-4-6-13(18)7-5-12)19-20-17(21)15-9-8-14(22-2)10-16(15)23-3/h4-10H,1-3H3,(H,20,21)/b19-11+. The first-order chi connectivity index (χ1) is 11.0. The quantitative estimate of drug-likeness (QED) is 0.640. The average molecular weight is 377 g/mol. The summed E-state index contributed by atoms with van der Waals surface area (Å²) in [6, 6.07) is 12.7. The van der Waals surface area contributed by atoms with Crippen LogP contribution in [0.4, 0.5) is 0 Å². The van der Waals surface area contributed by atoms with Crippen LogP contribution in [0, 0.1) is 0 Å². The van der Waals surface area contributed by atoms with Crippen LogP contribution < -0.4 is 14.9 Å². The van der Waals surface area contributed by atoms with Gasteiger partial charge in [0, 0.05) is 10.5 Å².